The maximum Gasteiger partial charge on any atom is 0.269 e. The molecule has 0 saturated carbocycles. The molecule has 1 N–H and O–H groups in total. The van der Waals surface area contributed by atoms with E-state index in [1.165, 1.54) is 24.3 Å². The van der Waals surface area contributed by atoms with Crippen molar-refractivity contribution in [2.45, 2.75) is 27.2 Å². The Bertz CT molecular complexity index is 515. The van der Waals surface area contributed by atoms with Crippen LogP contribution >= 0.6 is 0 Å². The molecule has 1 rings (SSSR count). The Kier molecular flexibility index (Phi) is 4.96. The summed E-state index contributed by atoms with van der Waals surface area (Å²) in [4.78, 5) is 33.3. The van der Waals surface area contributed by atoms with E-state index in [-0.39, 0.29) is 30.3 Å². The van der Waals surface area contributed by atoms with Gasteiger partial charge in [0.25, 0.3) is 5.69 Å². The van der Waals surface area contributed by atoms with Crippen LogP contribution in [0, 0.1) is 15.5 Å². The highest BCUT2D eigenvalue weighted by atomic mass is 16.6. The Morgan fingerprint density at radius 3 is 2.20 bits per heavy atom. The summed E-state index contributed by atoms with van der Waals surface area (Å²) in [6.07, 6.45) is 0.0927. The lowest BCUT2D eigenvalue weighted by Crippen LogP contribution is -2.36. The molecule has 0 aliphatic carbocycles. The van der Waals surface area contributed by atoms with Crippen LogP contribution in [0.4, 0.5) is 5.69 Å². The number of hydrogen-bond donors (Lipinski definition) is 1. The highest BCUT2D eigenvalue weighted by Gasteiger charge is 2.21. The first-order valence-corrected chi connectivity index (χ1v) is 6.23. The second-order valence-electron chi connectivity index (χ2n) is 5.55. The second-order valence-corrected chi connectivity index (χ2v) is 5.55. The predicted octanol–water partition coefficient (Wildman–Crippen LogP) is 1.87. The van der Waals surface area contributed by atoms with Crippen molar-refractivity contribution in [3.8, 4) is 0 Å². The van der Waals surface area contributed by atoms with Gasteiger partial charge in [0.15, 0.2) is 5.78 Å². The number of ketones is 1. The van der Waals surface area contributed by atoms with Gasteiger partial charge < -0.3 is 5.32 Å². The minimum absolute atomic E-state index is 0.00465. The highest BCUT2D eigenvalue weighted by Crippen LogP contribution is 2.14. The van der Waals surface area contributed by atoms with Gasteiger partial charge in [-0.05, 0) is 5.56 Å². The molecule has 1 aromatic rings. The Labute approximate surface area is 117 Å². The molecule has 0 bridgehead atoms. The molecule has 108 valence electrons. The average Bonchev–Trinajstić information content (AvgIpc) is 2.35. The largest absolute Gasteiger partial charge is 0.349 e. The third-order valence-corrected chi connectivity index (χ3v) is 2.79. The number of nitrogens with zero attached hydrogens (tertiary/aromatic N) is 1. The van der Waals surface area contributed by atoms with Crippen LogP contribution in [0.15, 0.2) is 24.3 Å². The summed E-state index contributed by atoms with van der Waals surface area (Å²) < 4.78 is 0. The molecule has 0 aliphatic heterocycles. The molecule has 20 heavy (non-hydrogen) atoms. The lowest BCUT2D eigenvalue weighted by molar-refractivity contribution is -0.384. The predicted molar refractivity (Wildman–Crippen MR) is 74.3 cm³/mol. The van der Waals surface area contributed by atoms with Crippen LogP contribution in [-0.2, 0) is 16.0 Å². The number of rotatable bonds is 5. The molecule has 0 heterocycles. The SMILES string of the molecule is CC(C)(C)C(=O)CNC(=O)Cc1ccc([N+](=O)[O-])cc1. The Morgan fingerprint density at radius 2 is 1.75 bits per heavy atom. The summed E-state index contributed by atoms with van der Waals surface area (Å²) in [5.41, 5.74) is 0.161. The van der Waals surface area contributed by atoms with Gasteiger partial charge >= 0.3 is 0 Å². The van der Waals surface area contributed by atoms with Gasteiger partial charge in [0.2, 0.25) is 5.91 Å². The van der Waals surface area contributed by atoms with Gasteiger partial charge in [-0.25, -0.2) is 0 Å². The minimum atomic E-state index is -0.494. The Morgan fingerprint density at radius 1 is 1.20 bits per heavy atom. The molecule has 0 saturated heterocycles. The van der Waals surface area contributed by atoms with E-state index < -0.39 is 10.3 Å². The number of benzene rings is 1. The zero-order valence-corrected chi connectivity index (χ0v) is 11.8. The summed E-state index contributed by atoms with van der Waals surface area (Å²) >= 11 is 0. The quantitative estimate of drug-likeness (QED) is 0.657. The lowest BCUT2D eigenvalue weighted by atomic mass is 9.91. The molecule has 0 radical (unpaired) electrons. The lowest BCUT2D eigenvalue weighted by Gasteiger charge is -2.16. The maximum absolute atomic E-state index is 11.7. The number of carbonyl (C=O) groups excluding carboxylic acids is 2. The topological polar surface area (TPSA) is 89.3 Å². The van der Waals surface area contributed by atoms with Crippen molar-refractivity contribution in [1.29, 1.82) is 0 Å². The van der Waals surface area contributed by atoms with E-state index in [1.807, 2.05) is 0 Å². The van der Waals surface area contributed by atoms with E-state index in [0.29, 0.717) is 5.56 Å². The van der Waals surface area contributed by atoms with Crippen LogP contribution in [0.5, 0.6) is 0 Å². The van der Waals surface area contributed by atoms with E-state index in [0.717, 1.165) is 0 Å². The third kappa shape index (κ3) is 4.79. The van der Waals surface area contributed by atoms with Crippen LogP contribution in [0.2, 0.25) is 0 Å². The number of non-ortho nitro benzene ring substituents is 1. The van der Waals surface area contributed by atoms with Crippen molar-refractivity contribution in [3.63, 3.8) is 0 Å². The fraction of sp³-hybridized carbons (Fsp3) is 0.429. The first kappa shape index (κ1) is 15.8. The van der Waals surface area contributed by atoms with Crippen molar-refractivity contribution >= 4 is 17.4 Å². The summed E-state index contributed by atoms with van der Waals surface area (Å²) in [7, 11) is 0. The van der Waals surface area contributed by atoms with Crippen LogP contribution in [-0.4, -0.2) is 23.2 Å². The van der Waals surface area contributed by atoms with E-state index >= 15 is 0 Å². The third-order valence-electron chi connectivity index (χ3n) is 2.79. The number of amides is 1. The standard InChI is InChI=1S/C14H18N2O4/c1-14(2,3)12(17)9-15-13(18)8-10-4-6-11(7-5-10)16(19)20/h4-7H,8-9H2,1-3H3,(H,15,18). The van der Waals surface area contributed by atoms with E-state index in [4.69, 9.17) is 0 Å². The van der Waals surface area contributed by atoms with Gasteiger partial charge in [-0.3, -0.25) is 19.7 Å². The number of nitro benzene ring substituents is 1. The summed E-state index contributed by atoms with van der Waals surface area (Å²) in [6, 6.07) is 5.76. The van der Waals surface area contributed by atoms with Crippen LogP contribution in [0.3, 0.4) is 0 Å². The fourth-order valence-corrected chi connectivity index (χ4v) is 1.43. The molecule has 0 fully saturated rings. The smallest absolute Gasteiger partial charge is 0.269 e. The summed E-state index contributed by atoms with van der Waals surface area (Å²) in [6.45, 7) is 5.36. The molecule has 0 atom stereocenters. The van der Waals surface area contributed by atoms with Crippen molar-refractivity contribution in [3.05, 3.63) is 39.9 Å². The average molecular weight is 278 g/mol. The molecule has 0 aromatic heterocycles. The van der Waals surface area contributed by atoms with Crippen molar-refractivity contribution < 1.29 is 14.5 Å². The van der Waals surface area contributed by atoms with Crippen LogP contribution < -0.4 is 5.32 Å². The molecule has 0 unspecified atom stereocenters. The Balaban J connectivity index is 2.51. The van der Waals surface area contributed by atoms with Gasteiger partial charge in [0.05, 0.1) is 17.9 Å². The first-order valence-electron chi connectivity index (χ1n) is 6.23. The molecule has 1 amide bonds. The van der Waals surface area contributed by atoms with Crippen molar-refractivity contribution in [1.82, 2.24) is 5.32 Å². The Hall–Kier alpha value is -2.24. The van der Waals surface area contributed by atoms with E-state index in [2.05, 4.69) is 5.32 Å². The summed E-state index contributed by atoms with van der Waals surface area (Å²) in [5, 5.41) is 13.0. The van der Waals surface area contributed by atoms with Gasteiger partial charge in [-0.1, -0.05) is 32.9 Å². The summed E-state index contributed by atoms with van der Waals surface area (Å²) in [5.74, 6) is -0.328. The number of hydrogen-bond acceptors (Lipinski definition) is 4. The minimum Gasteiger partial charge on any atom is -0.349 e. The maximum atomic E-state index is 11.7. The van der Waals surface area contributed by atoms with Gasteiger partial charge in [-0.2, -0.15) is 0 Å². The molecular weight excluding hydrogens is 260 g/mol. The first-order chi connectivity index (χ1) is 9.20. The number of nitrogens with one attached hydrogen (secondary N) is 1. The molecular formula is C14H18N2O4. The van der Waals surface area contributed by atoms with Crippen LogP contribution in [0.1, 0.15) is 26.3 Å². The number of carbonyl (C=O) groups is 2. The van der Waals surface area contributed by atoms with Crippen LogP contribution in [0.25, 0.3) is 0 Å². The zero-order chi connectivity index (χ0) is 15.3. The molecule has 6 heteroatoms. The fourth-order valence-electron chi connectivity index (χ4n) is 1.43. The van der Waals surface area contributed by atoms with Gasteiger partial charge in [0.1, 0.15) is 0 Å². The monoisotopic (exact) mass is 278 g/mol. The number of Topliss-reactive ketones (excluding diaryl/α,β-unsaturated/α-hetero) is 1. The van der Waals surface area contributed by atoms with Gasteiger partial charge in [-0.15, -0.1) is 0 Å². The molecule has 0 aliphatic rings. The highest BCUT2D eigenvalue weighted by molar-refractivity contribution is 5.89. The second kappa shape index (κ2) is 6.27. The molecule has 1 aromatic carbocycles. The van der Waals surface area contributed by atoms with E-state index in [1.54, 1.807) is 20.8 Å². The van der Waals surface area contributed by atoms with Gasteiger partial charge in [0, 0.05) is 17.5 Å². The van der Waals surface area contributed by atoms with Crippen molar-refractivity contribution in [2.24, 2.45) is 5.41 Å². The molecule has 6 nitrogen and oxygen atoms in total. The molecule has 0 spiro atoms. The normalized spacial score (nSPS) is 10.9. The number of nitro groups is 1. The van der Waals surface area contributed by atoms with Crippen molar-refractivity contribution in [2.75, 3.05) is 6.54 Å². The van der Waals surface area contributed by atoms with E-state index in [9.17, 15) is 19.7 Å². The zero-order valence-electron chi connectivity index (χ0n) is 11.8.